The van der Waals surface area contributed by atoms with Crippen LogP contribution in [0.2, 0.25) is 0 Å². The summed E-state index contributed by atoms with van der Waals surface area (Å²) in [5.41, 5.74) is 2.93. The van der Waals surface area contributed by atoms with Gasteiger partial charge < -0.3 is 10.0 Å². The standard InChI is InChI=1S/C20H28N2O2S2/c1-7-20(8-2,16-9-10-17(23)14(3)11-16)18-12-15(4)19(25-18)26(24)21-13-22(5)6/h9-13,23H,7-8H2,1-6H3/b21-13+. The van der Waals surface area contributed by atoms with Gasteiger partial charge in [-0.2, -0.15) is 4.40 Å². The summed E-state index contributed by atoms with van der Waals surface area (Å²) in [4.78, 5) is 2.98. The first-order chi connectivity index (χ1) is 12.2. The number of hydrogen-bond donors (Lipinski definition) is 1. The van der Waals surface area contributed by atoms with Gasteiger partial charge in [0.25, 0.3) is 0 Å². The summed E-state index contributed by atoms with van der Waals surface area (Å²) in [6.45, 7) is 8.28. The van der Waals surface area contributed by atoms with E-state index in [-0.39, 0.29) is 5.41 Å². The summed E-state index contributed by atoms with van der Waals surface area (Å²) in [6, 6.07) is 7.99. The molecule has 1 atom stereocenters. The van der Waals surface area contributed by atoms with Crippen LogP contribution in [0.3, 0.4) is 0 Å². The van der Waals surface area contributed by atoms with E-state index in [0.29, 0.717) is 5.75 Å². The Labute approximate surface area is 163 Å². The van der Waals surface area contributed by atoms with Crippen molar-refractivity contribution >= 4 is 28.7 Å². The first-order valence-corrected chi connectivity index (χ1v) is 10.7. The first-order valence-electron chi connectivity index (χ1n) is 8.78. The minimum Gasteiger partial charge on any atom is -0.508 e. The van der Waals surface area contributed by atoms with Crippen LogP contribution in [0.4, 0.5) is 0 Å². The average Bonchev–Trinajstić information content (AvgIpc) is 2.99. The Morgan fingerprint density at radius 2 is 1.85 bits per heavy atom. The van der Waals surface area contributed by atoms with E-state index >= 15 is 0 Å². The van der Waals surface area contributed by atoms with Gasteiger partial charge in [0.15, 0.2) is 11.0 Å². The van der Waals surface area contributed by atoms with Crippen LogP contribution in [0.25, 0.3) is 0 Å². The average molecular weight is 393 g/mol. The number of phenols is 1. The maximum atomic E-state index is 12.6. The van der Waals surface area contributed by atoms with Gasteiger partial charge in [-0.1, -0.05) is 26.0 Å². The van der Waals surface area contributed by atoms with Gasteiger partial charge >= 0.3 is 0 Å². The normalized spacial score (nSPS) is 13.3. The minimum atomic E-state index is -1.39. The zero-order valence-electron chi connectivity index (χ0n) is 16.4. The molecule has 142 valence electrons. The van der Waals surface area contributed by atoms with Gasteiger partial charge in [-0.05, 0) is 55.5 Å². The third-order valence-corrected chi connectivity index (χ3v) is 7.67. The lowest BCUT2D eigenvalue weighted by Crippen LogP contribution is -2.24. The molecule has 0 saturated carbocycles. The molecule has 2 aromatic rings. The smallest absolute Gasteiger partial charge is 0.184 e. The molecule has 0 amide bonds. The monoisotopic (exact) mass is 392 g/mol. The Bertz CT molecular complexity index is 821. The fraction of sp³-hybridized carbons (Fsp3) is 0.450. The highest BCUT2D eigenvalue weighted by Crippen LogP contribution is 2.44. The lowest BCUT2D eigenvalue weighted by molar-refractivity contribution is 0.464. The fourth-order valence-corrected chi connectivity index (χ4v) is 5.81. The summed E-state index contributed by atoms with van der Waals surface area (Å²) in [6.07, 6.45) is 3.45. The third-order valence-electron chi connectivity index (χ3n) is 4.83. The summed E-state index contributed by atoms with van der Waals surface area (Å²) in [5, 5.41) is 9.89. The van der Waals surface area contributed by atoms with E-state index in [4.69, 9.17) is 0 Å². The highest BCUT2D eigenvalue weighted by atomic mass is 32.2. The predicted octanol–water partition coefficient (Wildman–Crippen LogP) is 4.79. The molecular weight excluding hydrogens is 364 g/mol. The summed E-state index contributed by atoms with van der Waals surface area (Å²) < 4.78 is 17.5. The molecule has 0 aliphatic rings. The molecule has 0 aliphatic carbocycles. The third kappa shape index (κ3) is 4.01. The second-order valence-corrected chi connectivity index (χ2v) is 9.23. The number of nitrogens with zero attached hydrogens (tertiary/aromatic N) is 2. The number of rotatable bonds is 7. The molecule has 1 N–H and O–H groups in total. The fourth-order valence-electron chi connectivity index (χ4n) is 3.16. The van der Waals surface area contributed by atoms with Crippen molar-refractivity contribution in [2.24, 2.45) is 4.40 Å². The van der Waals surface area contributed by atoms with Gasteiger partial charge in [0.2, 0.25) is 0 Å². The molecular formula is C20H28N2O2S2. The molecule has 1 unspecified atom stereocenters. The Balaban J connectivity index is 2.53. The number of phenolic OH excluding ortho intramolecular Hbond substituents is 1. The van der Waals surface area contributed by atoms with Gasteiger partial charge in [0.1, 0.15) is 16.3 Å². The van der Waals surface area contributed by atoms with Gasteiger partial charge in [-0.15, -0.1) is 11.3 Å². The van der Waals surface area contributed by atoms with Crippen LogP contribution in [0.5, 0.6) is 5.75 Å². The molecule has 0 saturated heterocycles. The summed E-state index contributed by atoms with van der Waals surface area (Å²) >= 11 is 1.59. The summed E-state index contributed by atoms with van der Waals surface area (Å²) in [7, 11) is 2.33. The van der Waals surface area contributed by atoms with Gasteiger partial charge in [-0.25, -0.2) is 4.21 Å². The predicted molar refractivity (Wildman–Crippen MR) is 112 cm³/mol. The van der Waals surface area contributed by atoms with Crippen LogP contribution in [-0.4, -0.2) is 34.6 Å². The van der Waals surface area contributed by atoms with E-state index in [0.717, 1.165) is 28.2 Å². The molecule has 4 nitrogen and oxygen atoms in total. The molecule has 0 fully saturated rings. The molecule has 1 heterocycles. The molecule has 0 spiro atoms. The van der Waals surface area contributed by atoms with E-state index in [9.17, 15) is 9.32 Å². The van der Waals surface area contributed by atoms with Crippen molar-refractivity contribution in [3.63, 3.8) is 0 Å². The highest BCUT2D eigenvalue weighted by molar-refractivity contribution is 7.86. The van der Waals surface area contributed by atoms with Crippen LogP contribution in [-0.2, 0) is 16.4 Å². The number of hydrogen-bond acceptors (Lipinski definition) is 3. The molecule has 0 aliphatic heterocycles. The number of thiophene rings is 1. The quantitative estimate of drug-likeness (QED) is 0.544. The zero-order chi connectivity index (χ0) is 19.5. The van der Waals surface area contributed by atoms with Crippen molar-refractivity contribution in [1.82, 2.24) is 4.90 Å². The van der Waals surface area contributed by atoms with Crippen LogP contribution >= 0.6 is 11.3 Å². The lowest BCUT2D eigenvalue weighted by Gasteiger charge is -2.32. The minimum absolute atomic E-state index is 0.151. The maximum absolute atomic E-state index is 12.6. The van der Waals surface area contributed by atoms with Crippen molar-refractivity contribution in [1.29, 1.82) is 0 Å². The number of aromatic hydroxyl groups is 1. The molecule has 0 radical (unpaired) electrons. The molecule has 6 heteroatoms. The van der Waals surface area contributed by atoms with Crippen LogP contribution in [0.1, 0.15) is 48.3 Å². The van der Waals surface area contributed by atoms with Crippen molar-refractivity contribution in [3.05, 3.63) is 45.8 Å². The molecule has 1 aromatic carbocycles. The van der Waals surface area contributed by atoms with Crippen molar-refractivity contribution < 1.29 is 9.32 Å². The van der Waals surface area contributed by atoms with Gasteiger partial charge in [0.05, 0.1) is 0 Å². The molecule has 2 rings (SSSR count). The van der Waals surface area contributed by atoms with Crippen LogP contribution in [0, 0.1) is 13.8 Å². The van der Waals surface area contributed by atoms with Crippen molar-refractivity contribution in [3.8, 4) is 5.75 Å². The maximum Gasteiger partial charge on any atom is 0.184 e. The van der Waals surface area contributed by atoms with E-state index < -0.39 is 11.0 Å². The number of aryl methyl sites for hydroxylation is 2. The Morgan fingerprint density at radius 1 is 1.19 bits per heavy atom. The van der Waals surface area contributed by atoms with E-state index in [2.05, 4.69) is 30.4 Å². The molecule has 26 heavy (non-hydrogen) atoms. The largest absolute Gasteiger partial charge is 0.508 e. The van der Waals surface area contributed by atoms with Crippen LogP contribution in [0.15, 0.2) is 32.9 Å². The lowest BCUT2D eigenvalue weighted by atomic mass is 9.74. The topological polar surface area (TPSA) is 52.9 Å². The Hall–Kier alpha value is -1.66. The van der Waals surface area contributed by atoms with Gasteiger partial charge in [0, 0.05) is 24.4 Å². The molecule has 0 bridgehead atoms. The van der Waals surface area contributed by atoms with Crippen LogP contribution < -0.4 is 0 Å². The highest BCUT2D eigenvalue weighted by Gasteiger charge is 2.33. The van der Waals surface area contributed by atoms with Crippen molar-refractivity contribution in [2.45, 2.75) is 50.2 Å². The second-order valence-electron chi connectivity index (χ2n) is 6.81. The summed E-state index contributed by atoms with van der Waals surface area (Å²) in [5.74, 6) is 0.317. The Morgan fingerprint density at radius 3 is 2.38 bits per heavy atom. The van der Waals surface area contributed by atoms with Gasteiger partial charge in [-0.3, -0.25) is 0 Å². The molecule has 1 aromatic heterocycles. The van der Waals surface area contributed by atoms with E-state index in [1.165, 1.54) is 10.4 Å². The zero-order valence-corrected chi connectivity index (χ0v) is 18.0. The number of benzene rings is 1. The second kappa shape index (κ2) is 8.35. The SMILES string of the molecule is CCC(CC)(c1ccc(O)c(C)c1)c1cc(C)c(S(=O)/N=C/N(C)C)s1. The van der Waals surface area contributed by atoms with E-state index in [1.807, 2.05) is 34.0 Å². The first kappa shape index (κ1) is 20.6. The van der Waals surface area contributed by atoms with E-state index in [1.54, 1.807) is 28.6 Å². The van der Waals surface area contributed by atoms with Crippen molar-refractivity contribution in [2.75, 3.05) is 14.1 Å². The Kier molecular flexibility index (Phi) is 6.64.